The molecule has 14 heavy (non-hydrogen) atoms. The van der Waals surface area contributed by atoms with E-state index in [1.54, 1.807) is 0 Å². The zero-order valence-corrected chi connectivity index (χ0v) is 9.20. The Hall–Kier alpha value is -1.18. The van der Waals surface area contributed by atoms with Gasteiger partial charge in [0.2, 0.25) is 0 Å². The SMILES string of the molecule is CC(C)Oc1[c]ccc(OC(C)C)c1. The molecule has 1 rings (SSSR count). The summed E-state index contributed by atoms with van der Waals surface area (Å²) >= 11 is 0. The summed E-state index contributed by atoms with van der Waals surface area (Å²) in [6, 6.07) is 8.57. The lowest BCUT2D eigenvalue weighted by molar-refractivity contribution is 0.229. The number of hydrogen-bond donors (Lipinski definition) is 0. The molecule has 77 valence electrons. The molecule has 1 radical (unpaired) electrons. The summed E-state index contributed by atoms with van der Waals surface area (Å²) in [6.07, 6.45) is 0.352. The molecule has 0 aromatic heterocycles. The van der Waals surface area contributed by atoms with Crippen molar-refractivity contribution in [3.8, 4) is 11.5 Å². The summed E-state index contributed by atoms with van der Waals surface area (Å²) in [6.45, 7) is 7.98. The van der Waals surface area contributed by atoms with Gasteiger partial charge in [0.1, 0.15) is 11.5 Å². The van der Waals surface area contributed by atoms with E-state index < -0.39 is 0 Å². The highest BCUT2D eigenvalue weighted by molar-refractivity contribution is 5.32. The minimum absolute atomic E-state index is 0.167. The first-order chi connectivity index (χ1) is 6.58. The number of benzene rings is 1. The van der Waals surface area contributed by atoms with Gasteiger partial charge in [-0.25, -0.2) is 0 Å². The molecule has 0 aliphatic heterocycles. The fraction of sp³-hybridized carbons (Fsp3) is 0.500. The van der Waals surface area contributed by atoms with E-state index in [0.29, 0.717) is 0 Å². The summed E-state index contributed by atoms with van der Waals surface area (Å²) in [5.74, 6) is 1.56. The van der Waals surface area contributed by atoms with E-state index in [4.69, 9.17) is 9.47 Å². The van der Waals surface area contributed by atoms with Gasteiger partial charge in [-0.05, 0) is 39.8 Å². The molecular formula is C12H17O2. The van der Waals surface area contributed by atoms with Crippen molar-refractivity contribution in [2.45, 2.75) is 39.9 Å². The van der Waals surface area contributed by atoms with Crippen molar-refractivity contribution in [3.63, 3.8) is 0 Å². The van der Waals surface area contributed by atoms with Gasteiger partial charge in [0.05, 0.1) is 12.2 Å². The van der Waals surface area contributed by atoms with Crippen LogP contribution in [0.5, 0.6) is 11.5 Å². The Morgan fingerprint density at radius 3 is 2.29 bits per heavy atom. The number of ether oxygens (including phenoxy) is 2. The quantitative estimate of drug-likeness (QED) is 0.731. The third-order valence-corrected chi connectivity index (χ3v) is 1.48. The third kappa shape index (κ3) is 3.69. The molecule has 0 bridgehead atoms. The van der Waals surface area contributed by atoms with E-state index in [2.05, 4.69) is 6.07 Å². The highest BCUT2D eigenvalue weighted by Gasteiger charge is 2.01. The summed E-state index contributed by atoms with van der Waals surface area (Å²) in [7, 11) is 0. The second-order valence-electron chi connectivity index (χ2n) is 3.72. The molecule has 0 amide bonds. The molecule has 0 aliphatic rings. The minimum atomic E-state index is 0.167. The Morgan fingerprint density at radius 2 is 1.71 bits per heavy atom. The van der Waals surface area contributed by atoms with Crippen molar-refractivity contribution in [3.05, 3.63) is 24.3 Å². The monoisotopic (exact) mass is 193 g/mol. The highest BCUT2D eigenvalue weighted by Crippen LogP contribution is 2.20. The van der Waals surface area contributed by atoms with Crippen molar-refractivity contribution in [1.29, 1.82) is 0 Å². The van der Waals surface area contributed by atoms with Crippen LogP contribution in [0.15, 0.2) is 18.2 Å². The lowest BCUT2D eigenvalue weighted by Crippen LogP contribution is -2.07. The van der Waals surface area contributed by atoms with Crippen molar-refractivity contribution >= 4 is 0 Å². The maximum atomic E-state index is 5.54. The molecule has 0 atom stereocenters. The van der Waals surface area contributed by atoms with E-state index >= 15 is 0 Å². The van der Waals surface area contributed by atoms with Crippen molar-refractivity contribution in [2.24, 2.45) is 0 Å². The van der Waals surface area contributed by atoms with Crippen molar-refractivity contribution < 1.29 is 9.47 Å². The fourth-order valence-corrected chi connectivity index (χ4v) is 1.09. The summed E-state index contributed by atoms with van der Waals surface area (Å²) < 4.78 is 11.0. The summed E-state index contributed by atoms with van der Waals surface area (Å²) in [5, 5.41) is 0. The van der Waals surface area contributed by atoms with E-state index in [0.717, 1.165) is 11.5 Å². The van der Waals surface area contributed by atoms with E-state index in [1.807, 2.05) is 45.9 Å². The Bertz CT molecular complexity index is 254. The van der Waals surface area contributed by atoms with Gasteiger partial charge in [0.25, 0.3) is 0 Å². The van der Waals surface area contributed by atoms with E-state index in [9.17, 15) is 0 Å². The zero-order valence-electron chi connectivity index (χ0n) is 9.20. The topological polar surface area (TPSA) is 18.5 Å². The van der Waals surface area contributed by atoms with Crippen molar-refractivity contribution in [2.75, 3.05) is 0 Å². The second kappa shape index (κ2) is 4.89. The molecule has 0 aliphatic carbocycles. The normalized spacial score (nSPS) is 10.7. The molecule has 0 unspecified atom stereocenters. The Morgan fingerprint density at radius 1 is 1.07 bits per heavy atom. The van der Waals surface area contributed by atoms with Gasteiger partial charge in [0, 0.05) is 12.1 Å². The molecule has 2 heteroatoms. The van der Waals surface area contributed by atoms with E-state index in [1.165, 1.54) is 0 Å². The molecule has 0 fully saturated rings. The molecule has 0 saturated heterocycles. The molecule has 0 heterocycles. The first-order valence-electron chi connectivity index (χ1n) is 4.93. The van der Waals surface area contributed by atoms with Crippen LogP contribution in [0.2, 0.25) is 0 Å². The minimum Gasteiger partial charge on any atom is -0.491 e. The van der Waals surface area contributed by atoms with Gasteiger partial charge in [-0.2, -0.15) is 0 Å². The van der Waals surface area contributed by atoms with Gasteiger partial charge in [-0.15, -0.1) is 0 Å². The van der Waals surface area contributed by atoms with Crippen LogP contribution in [-0.4, -0.2) is 12.2 Å². The van der Waals surface area contributed by atoms with Crippen LogP contribution >= 0.6 is 0 Å². The van der Waals surface area contributed by atoms with Crippen LogP contribution in [0.4, 0.5) is 0 Å². The predicted molar refractivity (Wildman–Crippen MR) is 56.8 cm³/mol. The van der Waals surface area contributed by atoms with E-state index in [-0.39, 0.29) is 12.2 Å². The smallest absolute Gasteiger partial charge is 0.131 e. The van der Waals surface area contributed by atoms with Crippen LogP contribution in [0, 0.1) is 6.07 Å². The van der Waals surface area contributed by atoms with Gasteiger partial charge < -0.3 is 9.47 Å². The van der Waals surface area contributed by atoms with Crippen LogP contribution in [-0.2, 0) is 0 Å². The van der Waals surface area contributed by atoms with Crippen LogP contribution in [0.1, 0.15) is 27.7 Å². The van der Waals surface area contributed by atoms with Gasteiger partial charge >= 0.3 is 0 Å². The zero-order chi connectivity index (χ0) is 10.6. The predicted octanol–water partition coefficient (Wildman–Crippen LogP) is 3.06. The Kier molecular flexibility index (Phi) is 3.81. The average molecular weight is 193 g/mol. The first kappa shape index (κ1) is 10.9. The molecule has 1 aromatic carbocycles. The van der Waals surface area contributed by atoms with Crippen LogP contribution < -0.4 is 9.47 Å². The Labute approximate surface area is 85.8 Å². The maximum Gasteiger partial charge on any atom is 0.131 e. The fourth-order valence-electron chi connectivity index (χ4n) is 1.09. The van der Waals surface area contributed by atoms with Gasteiger partial charge in [-0.3, -0.25) is 0 Å². The van der Waals surface area contributed by atoms with Crippen LogP contribution in [0.25, 0.3) is 0 Å². The standard InChI is InChI=1S/C12H17O2/c1-9(2)13-11-6-5-7-12(8-11)14-10(3)4/h5-6,8-10H,1-4H3. The summed E-state index contributed by atoms with van der Waals surface area (Å²) in [5.41, 5.74) is 0. The molecule has 2 nitrogen and oxygen atoms in total. The third-order valence-electron chi connectivity index (χ3n) is 1.48. The van der Waals surface area contributed by atoms with Gasteiger partial charge in [0.15, 0.2) is 0 Å². The molecule has 0 spiro atoms. The molecule has 1 aromatic rings. The Balaban J connectivity index is 2.68. The number of rotatable bonds is 4. The lowest BCUT2D eigenvalue weighted by Gasteiger charge is -2.12. The molecular weight excluding hydrogens is 176 g/mol. The maximum absolute atomic E-state index is 5.54. The largest absolute Gasteiger partial charge is 0.491 e. The average Bonchev–Trinajstić information content (AvgIpc) is 2.01. The highest BCUT2D eigenvalue weighted by atomic mass is 16.5. The first-order valence-corrected chi connectivity index (χ1v) is 4.93. The van der Waals surface area contributed by atoms with Crippen LogP contribution in [0.3, 0.4) is 0 Å². The second-order valence-corrected chi connectivity index (χ2v) is 3.72. The lowest BCUT2D eigenvalue weighted by atomic mass is 10.3. The van der Waals surface area contributed by atoms with Crippen molar-refractivity contribution in [1.82, 2.24) is 0 Å². The molecule has 0 N–H and O–H groups in total. The number of hydrogen-bond acceptors (Lipinski definition) is 2. The van der Waals surface area contributed by atoms with Gasteiger partial charge in [-0.1, -0.05) is 0 Å². The molecule has 0 saturated carbocycles. The summed E-state index contributed by atoms with van der Waals surface area (Å²) in [4.78, 5) is 0.